The second-order valence-electron chi connectivity index (χ2n) is 8.68. The van der Waals surface area contributed by atoms with E-state index in [0.717, 1.165) is 42.5 Å². The van der Waals surface area contributed by atoms with Crippen LogP contribution in [0.1, 0.15) is 64.5 Å². The number of carbonyl (C=O) groups is 2. The molecule has 5 nitrogen and oxygen atoms in total. The van der Waals surface area contributed by atoms with Crippen LogP contribution in [0, 0.1) is 5.82 Å². The molecule has 2 N–H and O–H groups in total. The van der Waals surface area contributed by atoms with Crippen molar-refractivity contribution in [3.63, 3.8) is 0 Å². The normalized spacial score (nSPS) is 18.2. The fourth-order valence-corrected chi connectivity index (χ4v) is 4.83. The molecule has 1 fully saturated rings. The second kappa shape index (κ2) is 9.06. The van der Waals surface area contributed by atoms with E-state index in [1.165, 1.54) is 30.7 Å². The molecule has 33 heavy (non-hydrogen) atoms. The molecule has 0 spiro atoms. The highest BCUT2D eigenvalue weighted by atomic mass is 19.1. The molecule has 0 bridgehead atoms. The van der Waals surface area contributed by atoms with E-state index in [4.69, 9.17) is 0 Å². The zero-order chi connectivity index (χ0) is 22.8. The van der Waals surface area contributed by atoms with Gasteiger partial charge in [0, 0.05) is 34.1 Å². The van der Waals surface area contributed by atoms with Crippen LogP contribution < -0.4 is 10.6 Å². The number of fused-ring (bicyclic) bond motifs is 1. The van der Waals surface area contributed by atoms with E-state index < -0.39 is 0 Å². The summed E-state index contributed by atoms with van der Waals surface area (Å²) in [4.78, 5) is 27.8. The molecule has 3 aromatic rings. The van der Waals surface area contributed by atoms with Crippen molar-refractivity contribution < 1.29 is 14.0 Å². The van der Waals surface area contributed by atoms with Gasteiger partial charge in [0.15, 0.2) is 0 Å². The lowest BCUT2D eigenvalue weighted by atomic mass is 9.94. The minimum absolute atomic E-state index is 0.0882. The average Bonchev–Trinajstić information content (AvgIpc) is 3.13. The smallest absolute Gasteiger partial charge is 0.256 e. The lowest BCUT2D eigenvalue weighted by Crippen LogP contribution is -2.42. The molecule has 1 saturated carbocycles. The van der Waals surface area contributed by atoms with Crippen LogP contribution in [0.3, 0.4) is 0 Å². The largest absolute Gasteiger partial charge is 0.361 e. The Hall–Kier alpha value is -3.67. The monoisotopic (exact) mass is 443 g/mol. The lowest BCUT2D eigenvalue weighted by Gasteiger charge is -2.36. The summed E-state index contributed by atoms with van der Waals surface area (Å²) >= 11 is 0. The van der Waals surface area contributed by atoms with Crippen molar-refractivity contribution in [2.75, 3.05) is 10.6 Å². The first-order valence-corrected chi connectivity index (χ1v) is 11.5. The first kappa shape index (κ1) is 21.2. The molecule has 2 amide bonds. The van der Waals surface area contributed by atoms with E-state index in [1.54, 1.807) is 12.1 Å². The Morgan fingerprint density at radius 2 is 1.52 bits per heavy atom. The van der Waals surface area contributed by atoms with Gasteiger partial charge in [0.25, 0.3) is 11.8 Å². The first-order valence-electron chi connectivity index (χ1n) is 11.5. The van der Waals surface area contributed by atoms with Crippen LogP contribution in [-0.2, 0) is 0 Å². The van der Waals surface area contributed by atoms with Gasteiger partial charge in [-0.2, -0.15) is 0 Å². The molecule has 0 saturated heterocycles. The van der Waals surface area contributed by atoms with Gasteiger partial charge >= 0.3 is 0 Å². The Bertz CT molecular complexity index is 1150. The SMILES string of the molecule is O=C(Nc1ccc(F)cc1)c1ccc(NC2c3ccccc3C(=O)N2C2CCCCC2)cc1. The number of anilines is 2. The third-order valence-corrected chi connectivity index (χ3v) is 6.52. The molecule has 3 aromatic carbocycles. The van der Waals surface area contributed by atoms with E-state index >= 15 is 0 Å². The fraction of sp³-hybridized carbons (Fsp3) is 0.259. The molecule has 168 valence electrons. The van der Waals surface area contributed by atoms with Gasteiger partial charge in [-0.25, -0.2) is 4.39 Å². The maximum atomic E-state index is 13.2. The number of hydrogen-bond donors (Lipinski definition) is 2. The highest BCUT2D eigenvalue weighted by molar-refractivity contribution is 6.04. The molecule has 6 heteroatoms. The van der Waals surface area contributed by atoms with Gasteiger partial charge in [0.1, 0.15) is 12.0 Å². The van der Waals surface area contributed by atoms with Crippen molar-refractivity contribution >= 4 is 23.2 Å². The summed E-state index contributed by atoms with van der Waals surface area (Å²) < 4.78 is 13.1. The van der Waals surface area contributed by atoms with E-state index in [2.05, 4.69) is 10.6 Å². The molecule has 0 radical (unpaired) electrons. The van der Waals surface area contributed by atoms with Crippen LogP contribution in [-0.4, -0.2) is 22.8 Å². The summed E-state index contributed by atoms with van der Waals surface area (Å²) in [5, 5.41) is 6.30. The fourth-order valence-electron chi connectivity index (χ4n) is 4.83. The highest BCUT2D eigenvalue weighted by Crippen LogP contribution is 2.39. The van der Waals surface area contributed by atoms with Gasteiger partial charge < -0.3 is 15.5 Å². The number of benzene rings is 3. The molecular weight excluding hydrogens is 417 g/mol. The van der Waals surface area contributed by atoms with Gasteiger partial charge in [-0.1, -0.05) is 37.5 Å². The number of nitrogens with zero attached hydrogens (tertiary/aromatic N) is 1. The van der Waals surface area contributed by atoms with E-state index in [9.17, 15) is 14.0 Å². The Kier molecular flexibility index (Phi) is 5.82. The van der Waals surface area contributed by atoms with Crippen molar-refractivity contribution in [1.82, 2.24) is 4.90 Å². The van der Waals surface area contributed by atoms with E-state index in [-0.39, 0.29) is 29.8 Å². The third-order valence-electron chi connectivity index (χ3n) is 6.52. The molecule has 0 aromatic heterocycles. The Labute approximate surface area is 192 Å². The molecule has 1 aliphatic heterocycles. The van der Waals surface area contributed by atoms with E-state index in [0.29, 0.717) is 11.3 Å². The zero-order valence-corrected chi connectivity index (χ0v) is 18.3. The molecule has 1 aliphatic carbocycles. The van der Waals surface area contributed by atoms with Gasteiger partial charge in [-0.3, -0.25) is 9.59 Å². The van der Waals surface area contributed by atoms with Crippen molar-refractivity contribution in [3.8, 4) is 0 Å². The highest BCUT2D eigenvalue weighted by Gasteiger charge is 2.40. The van der Waals surface area contributed by atoms with Gasteiger partial charge in [-0.05, 0) is 67.4 Å². The summed E-state index contributed by atoms with van der Waals surface area (Å²) in [6.45, 7) is 0. The average molecular weight is 444 g/mol. The van der Waals surface area contributed by atoms with Crippen molar-refractivity contribution in [3.05, 3.63) is 95.3 Å². The Balaban J connectivity index is 1.34. The number of rotatable bonds is 5. The summed E-state index contributed by atoms with van der Waals surface area (Å²) in [6.07, 6.45) is 5.35. The van der Waals surface area contributed by atoms with E-state index in [1.807, 2.05) is 41.3 Å². The predicted molar refractivity (Wildman–Crippen MR) is 127 cm³/mol. The predicted octanol–water partition coefficient (Wildman–Crippen LogP) is 5.98. The number of halogens is 1. The lowest BCUT2D eigenvalue weighted by molar-refractivity contribution is 0.0600. The van der Waals surface area contributed by atoms with Crippen LogP contribution in [0.4, 0.5) is 15.8 Å². The number of carbonyl (C=O) groups excluding carboxylic acids is 2. The van der Waals surface area contributed by atoms with Crippen LogP contribution in [0.15, 0.2) is 72.8 Å². The number of amides is 2. The van der Waals surface area contributed by atoms with Gasteiger partial charge in [-0.15, -0.1) is 0 Å². The maximum Gasteiger partial charge on any atom is 0.256 e. The second-order valence-corrected chi connectivity index (χ2v) is 8.68. The summed E-state index contributed by atoms with van der Waals surface area (Å²) in [5.41, 5.74) is 3.62. The van der Waals surface area contributed by atoms with Crippen molar-refractivity contribution in [2.24, 2.45) is 0 Å². The van der Waals surface area contributed by atoms with Crippen molar-refractivity contribution in [1.29, 1.82) is 0 Å². The Morgan fingerprint density at radius 1 is 0.848 bits per heavy atom. The van der Waals surface area contributed by atoms with Crippen molar-refractivity contribution in [2.45, 2.75) is 44.3 Å². The zero-order valence-electron chi connectivity index (χ0n) is 18.3. The molecule has 1 unspecified atom stereocenters. The van der Waals surface area contributed by atoms with Gasteiger partial charge in [0.05, 0.1) is 0 Å². The van der Waals surface area contributed by atoms with Crippen LogP contribution in [0.5, 0.6) is 0 Å². The molecule has 1 atom stereocenters. The summed E-state index contributed by atoms with van der Waals surface area (Å²) in [6, 6.07) is 20.9. The first-order chi connectivity index (χ1) is 16.1. The minimum atomic E-state index is -0.349. The van der Waals surface area contributed by atoms with Crippen LogP contribution >= 0.6 is 0 Å². The molecule has 1 heterocycles. The Morgan fingerprint density at radius 3 is 2.24 bits per heavy atom. The summed E-state index contributed by atoms with van der Waals surface area (Å²) in [5.74, 6) is -0.527. The number of hydrogen-bond acceptors (Lipinski definition) is 3. The third kappa shape index (κ3) is 4.33. The van der Waals surface area contributed by atoms with Gasteiger partial charge in [0.2, 0.25) is 0 Å². The van der Waals surface area contributed by atoms with Crippen LogP contribution in [0.2, 0.25) is 0 Å². The maximum absolute atomic E-state index is 13.2. The molecular formula is C27H26FN3O2. The molecule has 2 aliphatic rings. The van der Waals surface area contributed by atoms with Crippen LogP contribution in [0.25, 0.3) is 0 Å². The topological polar surface area (TPSA) is 61.4 Å². The number of nitrogens with one attached hydrogen (secondary N) is 2. The minimum Gasteiger partial charge on any atom is -0.361 e. The quantitative estimate of drug-likeness (QED) is 0.510. The standard InChI is InChI=1S/C27H26FN3O2/c28-19-12-16-21(17-13-19)30-26(32)18-10-14-20(15-11-18)29-25-23-8-4-5-9-24(23)27(33)31(25)22-6-2-1-3-7-22/h4-5,8-17,22,25,29H,1-3,6-7H2,(H,30,32). The molecule has 5 rings (SSSR count). The summed E-state index contributed by atoms with van der Waals surface area (Å²) in [7, 11) is 0.